The number of phenolic OH excluding ortho intramolecular Hbond substituents is 3. The number of carbonyl (C=O) groups is 1. The Hall–Kier alpha value is -4.47. The van der Waals surface area contributed by atoms with Gasteiger partial charge in [0.25, 0.3) is 0 Å². The fourth-order valence-corrected chi connectivity index (χ4v) is 4.34. The molecule has 1 aromatic carbocycles. The van der Waals surface area contributed by atoms with Gasteiger partial charge >= 0.3 is 0 Å². The second-order valence-corrected chi connectivity index (χ2v) is 7.62. The van der Waals surface area contributed by atoms with Crippen LogP contribution in [0.5, 0.6) is 17.2 Å². The van der Waals surface area contributed by atoms with E-state index >= 15 is 0 Å². The summed E-state index contributed by atoms with van der Waals surface area (Å²) in [4.78, 5) is 28.7. The summed E-state index contributed by atoms with van der Waals surface area (Å²) >= 11 is 0. The number of ketones is 1. The number of aliphatic hydroxyl groups excluding tert-OH is 1. The van der Waals surface area contributed by atoms with Gasteiger partial charge in [-0.25, -0.2) is 4.98 Å². The Kier molecular flexibility index (Phi) is 3.12. The molecule has 0 fully saturated rings. The molecule has 0 aromatic heterocycles. The Labute approximate surface area is 173 Å². The van der Waals surface area contributed by atoms with Gasteiger partial charge in [0.2, 0.25) is 11.2 Å². The first kappa shape index (κ1) is 17.4. The van der Waals surface area contributed by atoms with Gasteiger partial charge in [-0.15, -0.1) is 0 Å². The van der Waals surface area contributed by atoms with Crippen molar-refractivity contribution in [2.45, 2.75) is 12.1 Å². The van der Waals surface area contributed by atoms with Crippen LogP contribution in [0, 0.1) is 0 Å². The number of fused-ring (bicyclic) bond motifs is 6. The van der Waals surface area contributed by atoms with Crippen LogP contribution in [0.3, 0.4) is 0 Å². The quantitative estimate of drug-likeness (QED) is 0.236. The van der Waals surface area contributed by atoms with E-state index in [-0.39, 0.29) is 11.5 Å². The lowest BCUT2D eigenvalue weighted by Crippen LogP contribution is -2.42. The molecule has 3 aliphatic heterocycles. The second-order valence-electron chi connectivity index (χ2n) is 7.62. The molecular formula is C21H14N4O6. The third-order valence-corrected chi connectivity index (χ3v) is 5.79. The third kappa shape index (κ3) is 2.23. The molecule has 6 N–H and O–H groups in total. The van der Waals surface area contributed by atoms with E-state index in [1.54, 1.807) is 4.57 Å². The van der Waals surface area contributed by atoms with Crippen molar-refractivity contribution in [3.8, 4) is 28.5 Å². The predicted molar refractivity (Wildman–Crippen MR) is 108 cm³/mol. The minimum absolute atomic E-state index is 0.313. The summed E-state index contributed by atoms with van der Waals surface area (Å²) in [7, 11) is 0. The van der Waals surface area contributed by atoms with Crippen molar-refractivity contribution in [1.82, 2.24) is 14.9 Å². The molecule has 2 atom stereocenters. The fourth-order valence-electron chi connectivity index (χ4n) is 4.34. The maximum absolute atomic E-state index is 12.1. The highest BCUT2D eigenvalue weighted by molar-refractivity contribution is 6.04. The number of hydrogen-bond acceptors (Lipinski definition) is 9. The van der Waals surface area contributed by atoms with E-state index in [4.69, 9.17) is 0 Å². The van der Waals surface area contributed by atoms with E-state index < -0.39 is 34.8 Å². The maximum Gasteiger partial charge on any atom is 0.222 e. The molecule has 5 aliphatic rings. The van der Waals surface area contributed by atoms with E-state index in [9.17, 15) is 30.0 Å². The van der Waals surface area contributed by atoms with Crippen LogP contribution in [0.1, 0.15) is 23.5 Å². The average Bonchev–Trinajstić information content (AvgIpc) is 2.72. The summed E-state index contributed by atoms with van der Waals surface area (Å²) in [5.41, 5.74) is 1.73. The van der Waals surface area contributed by atoms with Crippen molar-refractivity contribution >= 4 is 17.3 Å². The summed E-state index contributed by atoms with van der Waals surface area (Å²) < 4.78 is 1.77. The van der Waals surface area contributed by atoms with E-state index in [0.29, 0.717) is 39.8 Å². The normalized spacial score (nSPS) is 20.6. The summed E-state index contributed by atoms with van der Waals surface area (Å²) in [6, 6.07) is 5.29. The highest BCUT2D eigenvalue weighted by Crippen LogP contribution is 2.49. The Morgan fingerprint density at radius 3 is 2.55 bits per heavy atom. The number of hydrogen-bond donors (Lipinski definition) is 6. The minimum Gasteiger partial charge on any atom is -0.504 e. The molecule has 0 radical (unpaired) electrons. The van der Waals surface area contributed by atoms with Crippen LogP contribution in [0.2, 0.25) is 0 Å². The molecule has 31 heavy (non-hydrogen) atoms. The lowest BCUT2D eigenvalue weighted by molar-refractivity contribution is -0.113. The Morgan fingerprint density at radius 2 is 1.74 bits per heavy atom. The van der Waals surface area contributed by atoms with Crippen LogP contribution in [-0.4, -0.2) is 35.8 Å². The first-order valence-corrected chi connectivity index (χ1v) is 9.37. The van der Waals surface area contributed by atoms with Crippen LogP contribution in [0.15, 0.2) is 52.7 Å². The summed E-state index contributed by atoms with van der Waals surface area (Å²) in [6.45, 7) is 0. The van der Waals surface area contributed by atoms with Crippen molar-refractivity contribution in [2.75, 3.05) is 5.32 Å². The highest BCUT2D eigenvalue weighted by atomic mass is 16.3. The molecule has 0 saturated carbocycles. The van der Waals surface area contributed by atoms with Gasteiger partial charge in [0.15, 0.2) is 23.0 Å². The van der Waals surface area contributed by atoms with Gasteiger partial charge in [0.1, 0.15) is 17.8 Å². The molecule has 6 rings (SSSR count). The zero-order valence-electron chi connectivity index (χ0n) is 15.6. The summed E-state index contributed by atoms with van der Waals surface area (Å²) in [6.07, 6.45) is 2.04. The monoisotopic (exact) mass is 418 g/mol. The van der Waals surface area contributed by atoms with Gasteiger partial charge in [-0.1, -0.05) is 0 Å². The third-order valence-electron chi connectivity index (χ3n) is 5.79. The molecule has 2 aliphatic carbocycles. The SMILES string of the molecule is O=C1C=C2NC3c4cc(O)c(O)cc4Nc4c5cc(O)c(=O)cc-5nc(n43)C2C=C1O. The number of benzene rings is 2. The smallest absolute Gasteiger partial charge is 0.222 e. The van der Waals surface area contributed by atoms with Crippen LogP contribution in [-0.2, 0) is 4.79 Å². The number of nitrogens with one attached hydrogen (secondary N) is 2. The first-order valence-electron chi connectivity index (χ1n) is 9.37. The standard InChI is InChI=1S/C21H14N4O6/c26-13-1-7-10(4-16(13)29)22-20-9-3-15(28)18(31)6-12(9)24-21-8-2-14(27)17(30)5-11(8)23-19(7)25(20)21/h1-7,20,22,24,26-28,31H. The molecule has 0 spiro atoms. The molecule has 154 valence electrons. The molecule has 10 heteroatoms. The molecule has 0 bridgehead atoms. The largest absolute Gasteiger partial charge is 0.504 e. The predicted octanol–water partition coefficient (Wildman–Crippen LogP) is 1.66. The van der Waals surface area contributed by atoms with Gasteiger partial charge in [-0.3, -0.25) is 14.2 Å². The van der Waals surface area contributed by atoms with Crippen LogP contribution in [0.4, 0.5) is 11.5 Å². The maximum atomic E-state index is 12.1. The Balaban J connectivity index is 1.72. The van der Waals surface area contributed by atoms with Gasteiger partial charge in [0.05, 0.1) is 17.3 Å². The molecule has 3 heterocycles. The Bertz CT molecular complexity index is 1440. The molecule has 10 nitrogen and oxygen atoms in total. The zero-order valence-corrected chi connectivity index (χ0v) is 15.6. The van der Waals surface area contributed by atoms with Gasteiger partial charge < -0.3 is 31.1 Å². The number of phenols is 3. The van der Waals surface area contributed by atoms with Gasteiger partial charge in [-0.05, 0) is 18.2 Å². The molecule has 0 saturated heterocycles. The number of aliphatic hydroxyl groups is 1. The lowest BCUT2D eigenvalue weighted by atomic mass is 9.90. The molecule has 2 unspecified atom stereocenters. The van der Waals surface area contributed by atoms with E-state index in [1.165, 1.54) is 36.4 Å². The highest BCUT2D eigenvalue weighted by Gasteiger charge is 2.40. The number of rotatable bonds is 0. The first-order chi connectivity index (χ1) is 14.8. The fraction of sp³-hybridized carbons (Fsp3) is 0.0952. The number of aromatic hydroxyl groups is 3. The van der Waals surface area contributed by atoms with Crippen molar-refractivity contribution in [3.05, 3.63) is 69.5 Å². The van der Waals surface area contributed by atoms with Crippen molar-refractivity contribution in [3.63, 3.8) is 0 Å². The molecule has 0 amide bonds. The van der Waals surface area contributed by atoms with Crippen LogP contribution >= 0.6 is 0 Å². The average molecular weight is 418 g/mol. The minimum atomic E-state index is -0.623. The van der Waals surface area contributed by atoms with E-state index in [0.717, 1.165) is 0 Å². The number of aromatic nitrogens is 2. The number of carbonyl (C=O) groups excluding carboxylic acids is 1. The van der Waals surface area contributed by atoms with Crippen molar-refractivity contribution < 1.29 is 25.2 Å². The number of nitrogens with zero attached hydrogens (tertiary/aromatic N) is 2. The van der Waals surface area contributed by atoms with E-state index in [2.05, 4.69) is 15.6 Å². The van der Waals surface area contributed by atoms with Crippen LogP contribution < -0.4 is 16.1 Å². The topological polar surface area (TPSA) is 157 Å². The molecule has 1 aromatic rings. The zero-order chi connectivity index (χ0) is 21.6. The van der Waals surface area contributed by atoms with Crippen molar-refractivity contribution in [1.29, 1.82) is 0 Å². The summed E-state index contributed by atoms with van der Waals surface area (Å²) in [5, 5.41) is 46.5. The van der Waals surface area contributed by atoms with Gasteiger partial charge in [-0.2, -0.15) is 0 Å². The second kappa shape index (κ2) is 5.57. The van der Waals surface area contributed by atoms with Crippen LogP contribution in [0.25, 0.3) is 11.3 Å². The lowest BCUT2D eigenvalue weighted by Gasteiger charge is -2.42. The van der Waals surface area contributed by atoms with Crippen molar-refractivity contribution in [2.24, 2.45) is 0 Å². The van der Waals surface area contributed by atoms with E-state index in [1.807, 2.05) is 0 Å². The molecular weight excluding hydrogens is 404 g/mol. The van der Waals surface area contributed by atoms with Gasteiger partial charge in [0, 0.05) is 35.0 Å². The number of allylic oxidation sites excluding steroid dienone is 2. The Morgan fingerprint density at radius 1 is 0.968 bits per heavy atom. The summed E-state index contributed by atoms with van der Waals surface area (Å²) in [5.74, 6) is -1.71. The number of anilines is 2.